The Morgan fingerprint density at radius 1 is 1.53 bits per heavy atom. The number of amides is 1. The van der Waals surface area contributed by atoms with E-state index in [0.29, 0.717) is 18.8 Å². The SMILES string of the molecule is COCCC(NC(=O)CCSC)C(=O)O. The average molecular weight is 235 g/mol. The molecule has 0 fully saturated rings. The van der Waals surface area contributed by atoms with Crippen LogP contribution in [-0.4, -0.2) is 48.8 Å². The number of carbonyl (C=O) groups is 2. The van der Waals surface area contributed by atoms with E-state index in [1.54, 1.807) is 11.8 Å². The molecule has 0 bridgehead atoms. The average Bonchev–Trinajstić information content (AvgIpc) is 2.20. The summed E-state index contributed by atoms with van der Waals surface area (Å²) in [7, 11) is 1.49. The van der Waals surface area contributed by atoms with E-state index in [1.165, 1.54) is 7.11 Å². The van der Waals surface area contributed by atoms with Crippen LogP contribution in [0.3, 0.4) is 0 Å². The summed E-state index contributed by atoms with van der Waals surface area (Å²) in [5.74, 6) is -0.556. The summed E-state index contributed by atoms with van der Waals surface area (Å²) in [5, 5.41) is 11.3. The first kappa shape index (κ1) is 14.2. The van der Waals surface area contributed by atoms with Crippen molar-refractivity contribution in [3.63, 3.8) is 0 Å². The third kappa shape index (κ3) is 7.21. The predicted molar refractivity (Wildman–Crippen MR) is 59.1 cm³/mol. The third-order valence-electron chi connectivity index (χ3n) is 1.78. The van der Waals surface area contributed by atoms with Gasteiger partial charge in [0.15, 0.2) is 0 Å². The van der Waals surface area contributed by atoms with Gasteiger partial charge in [0.05, 0.1) is 0 Å². The van der Waals surface area contributed by atoms with Crippen LogP contribution in [0.1, 0.15) is 12.8 Å². The van der Waals surface area contributed by atoms with E-state index >= 15 is 0 Å². The number of ether oxygens (including phenoxy) is 1. The molecule has 88 valence electrons. The molecule has 0 aromatic carbocycles. The fourth-order valence-corrected chi connectivity index (χ4v) is 1.34. The number of carboxylic acids is 1. The molecule has 0 aromatic heterocycles. The molecule has 0 aliphatic carbocycles. The Hall–Kier alpha value is -0.750. The van der Waals surface area contributed by atoms with E-state index in [-0.39, 0.29) is 12.3 Å². The predicted octanol–water partition coefficient (Wildman–Crippen LogP) is 0.345. The highest BCUT2D eigenvalue weighted by Gasteiger charge is 2.18. The van der Waals surface area contributed by atoms with Gasteiger partial charge in [-0.05, 0) is 6.26 Å². The molecule has 1 amide bonds. The first-order valence-corrected chi connectivity index (χ1v) is 6.01. The molecule has 15 heavy (non-hydrogen) atoms. The van der Waals surface area contributed by atoms with Crippen LogP contribution in [0.2, 0.25) is 0 Å². The Bertz CT molecular complexity index is 210. The maximum absolute atomic E-state index is 11.3. The molecule has 0 saturated carbocycles. The summed E-state index contributed by atoms with van der Waals surface area (Å²) in [6, 6.07) is -0.848. The summed E-state index contributed by atoms with van der Waals surface area (Å²) >= 11 is 1.55. The summed E-state index contributed by atoms with van der Waals surface area (Å²) in [6.45, 7) is 0.319. The number of carboxylic acid groups (broad SMARTS) is 1. The molecule has 0 saturated heterocycles. The van der Waals surface area contributed by atoms with Crippen molar-refractivity contribution in [1.29, 1.82) is 0 Å². The van der Waals surface area contributed by atoms with Crippen LogP contribution in [0.5, 0.6) is 0 Å². The standard InChI is InChI=1S/C9H17NO4S/c1-14-5-3-7(9(12)13)10-8(11)4-6-15-2/h7H,3-6H2,1-2H3,(H,10,11)(H,12,13). The maximum atomic E-state index is 11.3. The van der Waals surface area contributed by atoms with Crippen molar-refractivity contribution in [2.24, 2.45) is 0 Å². The lowest BCUT2D eigenvalue weighted by molar-refractivity contribution is -0.142. The normalized spacial score (nSPS) is 12.1. The molecule has 0 aromatic rings. The Morgan fingerprint density at radius 3 is 2.67 bits per heavy atom. The number of thioether (sulfide) groups is 1. The zero-order valence-corrected chi connectivity index (χ0v) is 9.80. The van der Waals surface area contributed by atoms with Crippen molar-refractivity contribution < 1.29 is 19.4 Å². The Morgan fingerprint density at radius 2 is 2.20 bits per heavy atom. The molecule has 6 heteroatoms. The highest BCUT2D eigenvalue weighted by molar-refractivity contribution is 7.98. The molecule has 1 atom stereocenters. The van der Waals surface area contributed by atoms with Gasteiger partial charge in [-0.2, -0.15) is 11.8 Å². The van der Waals surface area contributed by atoms with Crippen molar-refractivity contribution >= 4 is 23.6 Å². The number of hydrogen-bond acceptors (Lipinski definition) is 4. The molecule has 1 unspecified atom stereocenters. The summed E-state index contributed by atoms with van der Waals surface area (Å²) in [6.07, 6.45) is 2.53. The minimum absolute atomic E-state index is 0.229. The fourth-order valence-electron chi connectivity index (χ4n) is 0.954. The van der Waals surface area contributed by atoms with Crippen LogP contribution in [0.25, 0.3) is 0 Å². The number of rotatable bonds is 8. The van der Waals surface area contributed by atoms with Crippen LogP contribution >= 0.6 is 11.8 Å². The van der Waals surface area contributed by atoms with Gasteiger partial charge in [-0.3, -0.25) is 4.79 Å². The minimum atomic E-state index is -1.02. The fraction of sp³-hybridized carbons (Fsp3) is 0.778. The van der Waals surface area contributed by atoms with Crippen LogP contribution in [0.4, 0.5) is 0 Å². The largest absolute Gasteiger partial charge is 0.480 e. The van der Waals surface area contributed by atoms with Crippen molar-refractivity contribution in [2.45, 2.75) is 18.9 Å². The molecular formula is C9H17NO4S. The van der Waals surface area contributed by atoms with Gasteiger partial charge < -0.3 is 15.2 Å². The number of aliphatic carboxylic acids is 1. The minimum Gasteiger partial charge on any atom is -0.480 e. The second-order valence-electron chi connectivity index (χ2n) is 2.98. The topological polar surface area (TPSA) is 75.6 Å². The second kappa shape index (κ2) is 8.55. The lowest BCUT2D eigenvalue weighted by Gasteiger charge is -2.13. The van der Waals surface area contributed by atoms with Gasteiger partial charge in [-0.1, -0.05) is 0 Å². The Kier molecular flexibility index (Phi) is 8.12. The Balaban J connectivity index is 3.93. The molecule has 0 heterocycles. The highest BCUT2D eigenvalue weighted by Crippen LogP contribution is 1.98. The molecule has 0 spiro atoms. The number of nitrogens with one attached hydrogen (secondary N) is 1. The number of hydrogen-bond donors (Lipinski definition) is 2. The van der Waals surface area contributed by atoms with E-state index in [9.17, 15) is 9.59 Å². The maximum Gasteiger partial charge on any atom is 0.326 e. The number of methoxy groups -OCH3 is 1. The van der Waals surface area contributed by atoms with Gasteiger partial charge in [0.1, 0.15) is 6.04 Å². The van der Waals surface area contributed by atoms with Crippen molar-refractivity contribution in [3.8, 4) is 0 Å². The van der Waals surface area contributed by atoms with E-state index < -0.39 is 12.0 Å². The second-order valence-corrected chi connectivity index (χ2v) is 3.97. The summed E-state index contributed by atoms with van der Waals surface area (Å²) in [4.78, 5) is 22.0. The van der Waals surface area contributed by atoms with E-state index in [2.05, 4.69) is 5.32 Å². The molecule has 2 N–H and O–H groups in total. The molecule has 0 aliphatic rings. The van der Waals surface area contributed by atoms with Gasteiger partial charge in [-0.25, -0.2) is 4.79 Å². The summed E-state index contributed by atoms with van der Waals surface area (Å²) in [5.41, 5.74) is 0. The number of carbonyl (C=O) groups excluding carboxylic acids is 1. The quantitative estimate of drug-likeness (QED) is 0.634. The van der Waals surface area contributed by atoms with Crippen LogP contribution in [0, 0.1) is 0 Å². The monoisotopic (exact) mass is 235 g/mol. The lowest BCUT2D eigenvalue weighted by atomic mass is 10.2. The highest BCUT2D eigenvalue weighted by atomic mass is 32.2. The third-order valence-corrected chi connectivity index (χ3v) is 2.39. The van der Waals surface area contributed by atoms with Gasteiger partial charge in [0.25, 0.3) is 0 Å². The van der Waals surface area contributed by atoms with Gasteiger partial charge in [-0.15, -0.1) is 0 Å². The van der Waals surface area contributed by atoms with Crippen molar-refractivity contribution in [1.82, 2.24) is 5.32 Å². The first-order valence-electron chi connectivity index (χ1n) is 4.61. The molecular weight excluding hydrogens is 218 g/mol. The van der Waals surface area contributed by atoms with Crippen molar-refractivity contribution in [2.75, 3.05) is 25.7 Å². The van der Waals surface area contributed by atoms with Crippen LogP contribution < -0.4 is 5.32 Å². The van der Waals surface area contributed by atoms with Gasteiger partial charge in [0, 0.05) is 32.3 Å². The molecule has 5 nitrogen and oxygen atoms in total. The van der Waals surface area contributed by atoms with Gasteiger partial charge >= 0.3 is 5.97 Å². The smallest absolute Gasteiger partial charge is 0.326 e. The van der Waals surface area contributed by atoms with Crippen molar-refractivity contribution in [3.05, 3.63) is 0 Å². The van der Waals surface area contributed by atoms with Gasteiger partial charge in [0.2, 0.25) is 5.91 Å². The van der Waals surface area contributed by atoms with Crippen LogP contribution in [-0.2, 0) is 14.3 Å². The van der Waals surface area contributed by atoms with E-state index in [1.807, 2.05) is 6.26 Å². The van der Waals surface area contributed by atoms with E-state index in [4.69, 9.17) is 9.84 Å². The van der Waals surface area contributed by atoms with E-state index in [0.717, 1.165) is 0 Å². The zero-order chi connectivity index (χ0) is 11.7. The molecule has 0 radical (unpaired) electrons. The zero-order valence-electron chi connectivity index (χ0n) is 8.99. The molecule has 0 aliphatic heterocycles. The summed E-state index contributed by atoms with van der Waals surface area (Å²) < 4.78 is 4.77. The van der Waals surface area contributed by atoms with Crippen LogP contribution in [0.15, 0.2) is 0 Å². The Labute approximate surface area is 93.6 Å². The molecule has 0 rings (SSSR count). The lowest BCUT2D eigenvalue weighted by Crippen LogP contribution is -2.41. The first-order chi connectivity index (χ1) is 7.11.